The Morgan fingerprint density at radius 2 is 1.76 bits per heavy atom. The van der Waals surface area contributed by atoms with Crippen LogP contribution in [-0.2, 0) is 0 Å². The van der Waals surface area contributed by atoms with E-state index >= 15 is 0 Å². The maximum absolute atomic E-state index is 6.33. The van der Waals surface area contributed by atoms with Crippen LogP contribution in [0.15, 0.2) is 42.6 Å². The molecule has 3 aliphatic heterocycles. The largest absolute Gasteiger partial charge is 0.487 e. The molecule has 1 unspecified atom stereocenters. The molecule has 3 saturated heterocycles. The number of hydrogen-bond acceptors (Lipinski definition) is 3. The van der Waals surface area contributed by atoms with Crippen molar-refractivity contribution in [2.45, 2.75) is 45.1 Å². The Bertz CT molecular complexity index is 656. The lowest BCUT2D eigenvalue weighted by Gasteiger charge is -2.36. The van der Waals surface area contributed by atoms with Crippen LogP contribution in [0.3, 0.4) is 0 Å². The van der Waals surface area contributed by atoms with Gasteiger partial charge in [0.2, 0.25) is 0 Å². The molecule has 3 aliphatic rings. The summed E-state index contributed by atoms with van der Waals surface area (Å²) in [5.74, 6) is 1.74. The van der Waals surface area contributed by atoms with Gasteiger partial charge in [-0.1, -0.05) is 29.8 Å². The number of nitrogens with zero attached hydrogens (tertiary/aromatic N) is 2. The first-order chi connectivity index (χ1) is 12.3. The Labute approximate surface area is 151 Å². The van der Waals surface area contributed by atoms with Gasteiger partial charge in [0.25, 0.3) is 0 Å². The van der Waals surface area contributed by atoms with Gasteiger partial charge < -0.3 is 4.74 Å². The van der Waals surface area contributed by atoms with E-state index in [4.69, 9.17) is 4.74 Å². The van der Waals surface area contributed by atoms with E-state index in [0.717, 1.165) is 29.5 Å². The van der Waals surface area contributed by atoms with E-state index in [1.165, 1.54) is 50.8 Å². The highest BCUT2D eigenvalue weighted by atomic mass is 16.5. The van der Waals surface area contributed by atoms with Gasteiger partial charge in [-0.05, 0) is 70.2 Å². The van der Waals surface area contributed by atoms with Gasteiger partial charge in [0.1, 0.15) is 11.9 Å². The molecule has 132 valence electrons. The molecule has 4 heterocycles. The summed E-state index contributed by atoms with van der Waals surface area (Å²) in [5.41, 5.74) is 3.43. The third-order valence-electron chi connectivity index (χ3n) is 5.62. The molecule has 0 aliphatic carbocycles. The summed E-state index contributed by atoms with van der Waals surface area (Å²) in [6.07, 6.45) is 8.81. The Morgan fingerprint density at radius 3 is 2.44 bits per heavy atom. The molecule has 0 spiro atoms. The molecule has 1 aromatic carbocycles. The molecule has 0 amide bonds. The third-order valence-corrected chi connectivity index (χ3v) is 5.62. The maximum Gasteiger partial charge on any atom is 0.138 e. The van der Waals surface area contributed by atoms with Crippen molar-refractivity contribution in [1.82, 2.24) is 9.88 Å². The zero-order chi connectivity index (χ0) is 17.1. The van der Waals surface area contributed by atoms with E-state index in [9.17, 15) is 0 Å². The molecule has 0 N–H and O–H groups in total. The van der Waals surface area contributed by atoms with Gasteiger partial charge in [-0.15, -0.1) is 0 Å². The van der Waals surface area contributed by atoms with E-state index < -0.39 is 0 Å². The fourth-order valence-electron chi connectivity index (χ4n) is 4.24. The lowest BCUT2D eigenvalue weighted by Crippen LogP contribution is -2.42. The lowest BCUT2D eigenvalue weighted by molar-refractivity contribution is 0.0709. The Kier molecular flexibility index (Phi) is 5.02. The number of aryl methyl sites for hydroxylation is 1. The minimum atomic E-state index is 0.303. The number of aromatic nitrogens is 1. The first-order valence-electron chi connectivity index (χ1n) is 9.68. The predicted octanol–water partition coefficient (Wildman–Crippen LogP) is 4.70. The first-order valence-corrected chi connectivity index (χ1v) is 9.68. The summed E-state index contributed by atoms with van der Waals surface area (Å²) in [6.45, 7) is 5.65. The summed E-state index contributed by atoms with van der Waals surface area (Å²) in [6, 6.07) is 12.7. The molecule has 3 heteroatoms. The van der Waals surface area contributed by atoms with Crippen LogP contribution in [0, 0.1) is 12.8 Å². The van der Waals surface area contributed by atoms with Gasteiger partial charge in [-0.3, -0.25) is 9.88 Å². The van der Waals surface area contributed by atoms with Gasteiger partial charge in [0, 0.05) is 12.1 Å². The van der Waals surface area contributed by atoms with Crippen LogP contribution in [-0.4, -0.2) is 35.6 Å². The summed E-state index contributed by atoms with van der Waals surface area (Å²) < 4.78 is 6.33. The van der Waals surface area contributed by atoms with E-state index in [2.05, 4.69) is 53.2 Å². The minimum Gasteiger partial charge on any atom is -0.487 e. The van der Waals surface area contributed by atoms with Gasteiger partial charge in [0.15, 0.2) is 0 Å². The molecule has 25 heavy (non-hydrogen) atoms. The number of hydrogen-bond donors (Lipinski definition) is 0. The summed E-state index contributed by atoms with van der Waals surface area (Å²) in [4.78, 5) is 7.21. The van der Waals surface area contributed by atoms with Crippen molar-refractivity contribution in [1.29, 1.82) is 0 Å². The third kappa shape index (κ3) is 4.21. The van der Waals surface area contributed by atoms with Crippen molar-refractivity contribution >= 4 is 0 Å². The van der Waals surface area contributed by atoms with Gasteiger partial charge in [0.05, 0.1) is 11.9 Å². The Morgan fingerprint density at radius 1 is 1.00 bits per heavy atom. The Balaban J connectivity index is 1.44. The number of ether oxygens (including phenoxy) is 1. The smallest absolute Gasteiger partial charge is 0.138 e. The fraction of sp³-hybridized carbons (Fsp3) is 0.500. The van der Waals surface area contributed by atoms with Gasteiger partial charge in [-0.2, -0.15) is 0 Å². The van der Waals surface area contributed by atoms with E-state index in [1.807, 2.05) is 6.20 Å². The first kappa shape index (κ1) is 16.6. The fourth-order valence-corrected chi connectivity index (χ4v) is 4.24. The van der Waals surface area contributed by atoms with Crippen molar-refractivity contribution in [3.8, 4) is 17.0 Å². The number of rotatable bonds is 3. The van der Waals surface area contributed by atoms with Crippen molar-refractivity contribution in [2.75, 3.05) is 19.6 Å². The van der Waals surface area contributed by atoms with Crippen molar-refractivity contribution in [3.05, 3.63) is 48.2 Å². The van der Waals surface area contributed by atoms with Crippen LogP contribution in [0.2, 0.25) is 0 Å². The highest BCUT2D eigenvalue weighted by Gasteiger charge is 2.26. The van der Waals surface area contributed by atoms with Gasteiger partial charge in [-0.25, -0.2) is 0 Å². The zero-order valence-electron chi connectivity index (χ0n) is 15.2. The van der Waals surface area contributed by atoms with E-state index in [0.29, 0.717) is 6.10 Å². The number of pyridine rings is 1. The lowest BCUT2D eigenvalue weighted by atomic mass is 9.87. The monoisotopic (exact) mass is 336 g/mol. The molecule has 0 radical (unpaired) electrons. The summed E-state index contributed by atoms with van der Waals surface area (Å²) in [5, 5.41) is 0. The number of benzene rings is 1. The van der Waals surface area contributed by atoms with Crippen LogP contribution < -0.4 is 4.74 Å². The molecular weight excluding hydrogens is 308 g/mol. The van der Waals surface area contributed by atoms with Gasteiger partial charge >= 0.3 is 0 Å². The Hall–Kier alpha value is -1.87. The van der Waals surface area contributed by atoms with Crippen molar-refractivity contribution in [2.24, 2.45) is 5.92 Å². The molecule has 3 nitrogen and oxygen atoms in total. The van der Waals surface area contributed by atoms with Crippen LogP contribution in [0.4, 0.5) is 0 Å². The second-order valence-corrected chi connectivity index (χ2v) is 7.67. The predicted molar refractivity (Wildman–Crippen MR) is 102 cm³/mol. The quantitative estimate of drug-likeness (QED) is 0.812. The molecule has 0 saturated carbocycles. The minimum absolute atomic E-state index is 0.303. The van der Waals surface area contributed by atoms with E-state index in [-0.39, 0.29) is 0 Å². The molecular formula is C22H28N2O. The van der Waals surface area contributed by atoms with Crippen LogP contribution in [0.25, 0.3) is 11.3 Å². The normalized spacial score (nSPS) is 26.5. The van der Waals surface area contributed by atoms with Crippen LogP contribution in [0.1, 0.15) is 37.7 Å². The molecule has 1 aromatic heterocycles. The topological polar surface area (TPSA) is 25.4 Å². The average molecular weight is 336 g/mol. The molecule has 3 fully saturated rings. The van der Waals surface area contributed by atoms with E-state index in [1.54, 1.807) is 0 Å². The summed E-state index contributed by atoms with van der Waals surface area (Å²) >= 11 is 0. The maximum atomic E-state index is 6.33. The van der Waals surface area contributed by atoms with Crippen molar-refractivity contribution < 1.29 is 4.74 Å². The summed E-state index contributed by atoms with van der Waals surface area (Å²) in [7, 11) is 0. The van der Waals surface area contributed by atoms with Crippen LogP contribution in [0.5, 0.6) is 5.75 Å². The second kappa shape index (κ2) is 7.57. The highest BCUT2D eigenvalue weighted by molar-refractivity contribution is 5.59. The second-order valence-electron chi connectivity index (χ2n) is 7.67. The molecule has 5 rings (SSSR count). The highest BCUT2D eigenvalue weighted by Crippen LogP contribution is 2.29. The van der Waals surface area contributed by atoms with Crippen LogP contribution >= 0.6 is 0 Å². The SMILES string of the molecule is Cc1ccc(-c2ccc(OC3CC4CCCN(CCC4)C3)cn2)cc1. The van der Waals surface area contributed by atoms with Crippen molar-refractivity contribution in [3.63, 3.8) is 0 Å². The molecule has 2 bridgehead atoms. The zero-order valence-corrected chi connectivity index (χ0v) is 15.2. The average Bonchev–Trinajstić information content (AvgIpc) is 2.57. The molecule has 2 aromatic rings. The standard InChI is InChI=1S/C22H28N2O/c1-17-6-8-19(9-7-17)22-11-10-20(15-23-22)25-21-14-18-4-2-12-24(16-21)13-3-5-18/h6-11,15,18,21H,2-5,12-14,16H2,1H3. The number of fused-ring (bicyclic) bond motifs is 6. The molecule has 1 atom stereocenters.